The lowest BCUT2D eigenvalue weighted by Crippen LogP contribution is -2.58. The van der Waals surface area contributed by atoms with Crippen LogP contribution < -0.4 is 5.32 Å². The number of halogens is 1. The number of likely N-dealkylation sites (tertiary alicyclic amines) is 1. The van der Waals surface area contributed by atoms with Gasteiger partial charge in [0.25, 0.3) is 5.91 Å². The lowest BCUT2D eigenvalue weighted by molar-refractivity contribution is -0.135. The van der Waals surface area contributed by atoms with Crippen molar-refractivity contribution in [3.63, 3.8) is 0 Å². The van der Waals surface area contributed by atoms with Crippen LogP contribution in [0.3, 0.4) is 0 Å². The van der Waals surface area contributed by atoms with Gasteiger partial charge in [0.2, 0.25) is 5.91 Å². The van der Waals surface area contributed by atoms with Gasteiger partial charge >= 0.3 is 6.03 Å². The first-order valence-corrected chi connectivity index (χ1v) is 11.8. The number of hydrogen-bond donors (Lipinski definition) is 1. The third-order valence-corrected chi connectivity index (χ3v) is 6.81. The zero-order chi connectivity index (χ0) is 24.8. The molecule has 2 aromatic rings. The first-order chi connectivity index (χ1) is 16.9. The molecule has 0 bridgehead atoms. The van der Waals surface area contributed by atoms with E-state index in [9.17, 15) is 18.8 Å². The molecule has 2 aliphatic rings. The second kappa shape index (κ2) is 10.8. The van der Waals surface area contributed by atoms with Crippen molar-refractivity contribution in [2.24, 2.45) is 5.92 Å². The molecule has 0 saturated carbocycles. The van der Waals surface area contributed by atoms with Gasteiger partial charge in [0, 0.05) is 32.7 Å². The van der Waals surface area contributed by atoms with Crippen LogP contribution in [-0.2, 0) is 20.7 Å². The number of carbonyl (C=O) groups excluding carboxylic acids is 3. The number of imide groups is 1. The monoisotopic (exact) mass is 479 g/mol. The van der Waals surface area contributed by atoms with E-state index in [0.717, 1.165) is 5.56 Å². The van der Waals surface area contributed by atoms with E-state index in [1.54, 1.807) is 29.2 Å². The van der Waals surface area contributed by atoms with E-state index in [1.807, 2.05) is 30.3 Å². The summed E-state index contributed by atoms with van der Waals surface area (Å²) in [5, 5.41) is 2.95. The van der Waals surface area contributed by atoms with E-state index in [-0.39, 0.29) is 37.3 Å². The Morgan fingerprint density at radius 2 is 1.89 bits per heavy atom. The highest BCUT2D eigenvalue weighted by atomic mass is 19.1. The molecule has 2 fully saturated rings. The van der Waals surface area contributed by atoms with Crippen LogP contribution in [0.5, 0.6) is 0 Å². The van der Waals surface area contributed by atoms with Gasteiger partial charge in [-0.15, -0.1) is 0 Å². The largest absolute Gasteiger partial charge is 0.383 e. The molecule has 184 valence electrons. The molecule has 0 spiro atoms. The summed E-state index contributed by atoms with van der Waals surface area (Å²) in [5.74, 6) is -0.999. The number of nitrogens with zero attached hydrogens (tertiary/aromatic N) is 2. The summed E-state index contributed by atoms with van der Waals surface area (Å²) in [6, 6.07) is 15.2. The molecule has 7 nitrogen and oxygen atoms in total. The molecule has 0 aliphatic carbocycles. The SMILES string of the molecule is COCCN1C(=O)N[C@@](Cc2cccc(F)c2)(C2CCN(C(=O)/C=C/c3ccccc3)CC2)C1=O. The van der Waals surface area contributed by atoms with Crippen LogP contribution in [0.4, 0.5) is 9.18 Å². The predicted octanol–water partition coefficient (Wildman–Crippen LogP) is 3.26. The molecule has 35 heavy (non-hydrogen) atoms. The third kappa shape index (κ3) is 5.43. The maximum absolute atomic E-state index is 13.9. The van der Waals surface area contributed by atoms with Crippen molar-refractivity contribution < 1.29 is 23.5 Å². The van der Waals surface area contributed by atoms with Gasteiger partial charge in [-0.3, -0.25) is 14.5 Å². The zero-order valence-electron chi connectivity index (χ0n) is 19.8. The van der Waals surface area contributed by atoms with Crippen LogP contribution in [0.25, 0.3) is 6.08 Å². The van der Waals surface area contributed by atoms with Gasteiger partial charge in [-0.25, -0.2) is 9.18 Å². The van der Waals surface area contributed by atoms with Gasteiger partial charge < -0.3 is 15.0 Å². The molecule has 8 heteroatoms. The topological polar surface area (TPSA) is 79.0 Å². The normalized spacial score (nSPS) is 21.1. The fourth-order valence-electron chi connectivity index (χ4n) is 4.97. The summed E-state index contributed by atoms with van der Waals surface area (Å²) >= 11 is 0. The maximum atomic E-state index is 13.9. The number of piperidine rings is 1. The highest BCUT2D eigenvalue weighted by molar-refractivity contribution is 6.07. The molecular formula is C27H30FN3O4. The fraction of sp³-hybridized carbons (Fsp3) is 0.370. The van der Waals surface area contributed by atoms with E-state index >= 15 is 0 Å². The second-order valence-corrected chi connectivity index (χ2v) is 9.00. The van der Waals surface area contributed by atoms with Crippen LogP contribution in [0.15, 0.2) is 60.7 Å². The Labute approximate surface area is 204 Å². The Hall–Kier alpha value is -3.52. The molecule has 1 N–H and O–H groups in total. The molecule has 0 radical (unpaired) electrons. The van der Waals surface area contributed by atoms with E-state index in [0.29, 0.717) is 31.5 Å². The molecule has 2 saturated heterocycles. The van der Waals surface area contributed by atoms with Crippen molar-refractivity contribution >= 4 is 23.9 Å². The van der Waals surface area contributed by atoms with Crippen LogP contribution in [0.2, 0.25) is 0 Å². The fourth-order valence-corrected chi connectivity index (χ4v) is 4.97. The van der Waals surface area contributed by atoms with Crippen LogP contribution in [-0.4, -0.2) is 66.5 Å². The number of urea groups is 1. The van der Waals surface area contributed by atoms with Crippen molar-refractivity contribution in [3.05, 3.63) is 77.6 Å². The first-order valence-electron chi connectivity index (χ1n) is 11.8. The minimum atomic E-state index is -1.19. The first kappa shape index (κ1) is 24.6. The lowest BCUT2D eigenvalue weighted by atomic mass is 9.74. The molecular weight excluding hydrogens is 449 g/mol. The molecule has 2 heterocycles. The molecule has 2 aromatic carbocycles. The van der Waals surface area contributed by atoms with E-state index in [1.165, 1.54) is 24.1 Å². The van der Waals surface area contributed by atoms with E-state index in [4.69, 9.17) is 4.74 Å². The van der Waals surface area contributed by atoms with Crippen molar-refractivity contribution in [2.75, 3.05) is 33.4 Å². The standard InChI is InChI=1S/C27H30FN3O4/c1-35-17-16-31-25(33)27(29-26(31)34,19-21-8-5-9-23(28)18-21)22-12-14-30(15-13-22)24(32)11-10-20-6-3-2-4-7-20/h2-11,18,22H,12-17,19H2,1H3,(H,29,34)/b11-10+/t27-/m0/s1. The summed E-state index contributed by atoms with van der Waals surface area (Å²) < 4.78 is 19.0. The summed E-state index contributed by atoms with van der Waals surface area (Å²) in [7, 11) is 1.51. The molecule has 4 amide bonds. The van der Waals surface area contributed by atoms with Gasteiger partial charge in [0.15, 0.2) is 0 Å². The third-order valence-electron chi connectivity index (χ3n) is 6.81. The Bertz CT molecular complexity index is 1100. The van der Waals surface area contributed by atoms with E-state index in [2.05, 4.69) is 5.32 Å². The highest BCUT2D eigenvalue weighted by Gasteiger charge is 2.55. The number of methoxy groups -OCH3 is 1. The Kier molecular flexibility index (Phi) is 7.60. The van der Waals surface area contributed by atoms with Gasteiger partial charge in [-0.05, 0) is 48.1 Å². The molecule has 0 unspecified atom stereocenters. The minimum absolute atomic E-state index is 0.0880. The predicted molar refractivity (Wildman–Crippen MR) is 130 cm³/mol. The Balaban J connectivity index is 1.50. The second-order valence-electron chi connectivity index (χ2n) is 9.00. The van der Waals surface area contributed by atoms with Gasteiger partial charge in [-0.1, -0.05) is 42.5 Å². The summed E-state index contributed by atoms with van der Waals surface area (Å²) in [6.45, 7) is 1.31. The van der Waals surface area contributed by atoms with Gasteiger partial charge in [-0.2, -0.15) is 0 Å². The average molecular weight is 480 g/mol. The molecule has 2 aliphatic heterocycles. The van der Waals surface area contributed by atoms with Crippen molar-refractivity contribution in [3.8, 4) is 0 Å². The number of ether oxygens (including phenoxy) is 1. The maximum Gasteiger partial charge on any atom is 0.325 e. The van der Waals surface area contributed by atoms with Crippen LogP contribution >= 0.6 is 0 Å². The smallest absolute Gasteiger partial charge is 0.325 e. The van der Waals surface area contributed by atoms with Crippen molar-refractivity contribution in [2.45, 2.75) is 24.8 Å². The summed E-state index contributed by atoms with van der Waals surface area (Å²) in [6.07, 6.45) is 4.63. The quantitative estimate of drug-likeness (QED) is 0.466. The summed E-state index contributed by atoms with van der Waals surface area (Å²) in [4.78, 5) is 42.1. The number of benzene rings is 2. The van der Waals surface area contributed by atoms with Crippen LogP contribution in [0.1, 0.15) is 24.0 Å². The molecule has 4 rings (SSSR count). The van der Waals surface area contributed by atoms with Crippen LogP contribution in [0, 0.1) is 11.7 Å². The van der Waals surface area contributed by atoms with E-state index < -0.39 is 17.4 Å². The highest BCUT2D eigenvalue weighted by Crippen LogP contribution is 2.36. The zero-order valence-corrected chi connectivity index (χ0v) is 19.8. The van der Waals surface area contributed by atoms with Crippen molar-refractivity contribution in [1.82, 2.24) is 15.1 Å². The number of hydrogen-bond acceptors (Lipinski definition) is 4. The molecule has 1 atom stereocenters. The average Bonchev–Trinajstić information content (AvgIpc) is 3.11. The Morgan fingerprint density at radius 3 is 2.57 bits per heavy atom. The number of amides is 4. The minimum Gasteiger partial charge on any atom is -0.383 e. The van der Waals surface area contributed by atoms with Crippen molar-refractivity contribution in [1.29, 1.82) is 0 Å². The van der Waals surface area contributed by atoms with Gasteiger partial charge in [0.1, 0.15) is 11.4 Å². The molecule has 0 aromatic heterocycles. The number of nitrogens with one attached hydrogen (secondary N) is 1. The lowest BCUT2D eigenvalue weighted by Gasteiger charge is -2.41. The number of carbonyl (C=O) groups is 3. The van der Waals surface area contributed by atoms with Gasteiger partial charge in [0.05, 0.1) is 13.2 Å². The Morgan fingerprint density at radius 1 is 1.14 bits per heavy atom. The summed E-state index contributed by atoms with van der Waals surface area (Å²) in [5.41, 5.74) is 0.393. The number of rotatable bonds is 8.